The van der Waals surface area contributed by atoms with Crippen molar-refractivity contribution in [2.45, 2.75) is 19.9 Å². The molecule has 1 N–H and O–H groups in total. The van der Waals surface area contributed by atoms with Crippen molar-refractivity contribution in [2.75, 3.05) is 19.7 Å². The quantitative estimate of drug-likeness (QED) is 0.870. The Morgan fingerprint density at radius 1 is 1.41 bits per heavy atom. The number of hydrogen-bond acceptors (Lipinski definition) is 2. The van der Waals surface area contributed by atoms with Gasteiger partial charge in [-0.3, -0.25) is 0 Å². The maximum atomic E-state index is 11.9. The van der Waals surface area contributed by atoms with Crippen LogP contribution in [-0.2, 0) is 0 Å². The van der Waals surface area contributed by atoms with Crippen molar-refractivity contribution in [1.82, 2.24) is 10.2 Å². The first-order chi connectivity index (χ1) is 8.26. The molecule has 2 amide bonds. The summed E-state index contributed by atoms with van der Waals surface area (Å²) < 4.78 is 5.53. The van der Waals surface area contributed by atoms with Crippen LogP contribution in [0.4, 0.5) is 4.79 Å². The molecule has 92 valence electrons. The molecule has 4 heteroatoms. The average molecular weight is 234 g/mol. The molecule has 0 spiro atoms. The molecular formula is C13H18N2O2. The Morgan fingerprint density at radius 2 is 2.12 bits per heavy atom. The largest absolute Gasteiger partial charge is 0.491 e. The Bertz CT molecular complexity index is 402. The second-order valence-electron chi connectivity index (χ2n) is 4.02. The minimum atomic E-state index is -0.0284. The van der Waals surface area contributed by atoms with Crippen molar-refractivity contribution >= 4 is 6.03 Å². The van der Waals surface area contributed by atoms with Crippen LogP contribution in [0.2, 0.25) is 0 Å². The minimum Gasteiger partial charge on any atom is -0.491 e. The van der Waals surface area contributed by atoms with Gasteiger partial charge in [-0.05, 0) is 19.9 Å². The smallest absolute Gasteiger partial charge is 0.317 e. The Kier molecular flexibility index (Phi) is 3.52. The second-order valence-corrected chi connectivity index (χ2v) is 4.02. The normalized spacial score (nSPS) is 17.2. The number of nitrogens with one attached hydrogen (secondary N) is 1. The number of urea groups is 1. The highest BCUT2D eigenvalue weighted by molar-refractivity contribution is 5.75. The molecule has 1 atom stereocenters. The highest BCUT2D eigenvalue weighted by Crippen LogP contribution is 2.31. The van der Waals surface area contributed by atoms with Crippen LogP contribution in [0.25, 0.3) is 0 Å². The highest BCUT2D eigenvalue weighted by atomic mass is 16.5. The molecule has 0 saturated heterocycles. The van der Waals surface area contributed by atoms with Crippen molar-refractivity contribution in [2.24, 2.45) is 0 Å². The van der Waals surface area contributed by atoms with Gasteiger partial charge in [0.05, 0.1) is 6.04 Å². The number of amides is 2. The third kappa shape index (κ3) is 2.35. The molecule has 0 aliphatic carbocycles. The van der Waals surface area contributed by atoms with Gasteiger partial charge in [0.2, 0.25) is 0 Å². The van der Waals surface area contributed by atoms with E-state index in [0.717, 1.165) is 24.4 Å². The number of benzene rings is 1. The van der Waals surface area contributed by atoms with E-state index < -0.39 is 0 Å². The van der Waals surface area contributed by atoms with E-state index >= 15 is 0 Å². The van der Waals surface area contributed by atoms with Gasteiger partial charge in [-0.15, -0.1) is 0 Å². The predicted octanol–water partition coefficient (Wildman–Crippen LogP) is 2.17. The van der Waals surface area contributed by atoms with E-state index in [1.54, 1.807) is 4.90 Å². The third-order valence-corrected chi connectivity index (χ3v) is 3.05. The Balaban J connectivity index is 2.04. The molecule has 1 unspecified atom stereocenters. The summed E-state index contributed by atoms with van der Waals surface area (Å²) in [6, 6.07) is 7.77. The van der Waals surface area contributed by atoms with E-state index in [1.807, 2.05) is 38.1 Å². The van der Waals surface area contributed by atoms with Gasteiger partial charge in [0.15, 0.2) is 0 Å². The Morgan fingerprint density at radius 3 is 2.82 bits per heavy atom. The SMILES string of the molecule is CCN(CC)C(=O)NC1COc2ccccc21. The van der Waals surface area contributed by atoms with Gasteiger partial charge in [-0.2, -0.15) is 0 Å². The zero-order valence-corrected chi connectivity index (χ0v) is 10.3. The molecule has 1 aromatic carbocycles. The standard InChI is InChI=1S/C13H18N2O2/c1-3-15(4-2)13(16)14-11-9-17-12-8-6-5-7-10(11)12/h5-8,11H,3-4,9H2,1-2H3,(H,14,16). The fourth-order valence-corrected chi connectivity index (χ4v) is 2.03. The maximum Gasteiger partial charge on any atom is 0.317 e. The van der Waals surface area contributed by atoms with E-state index in [-0.39, 0.29) is 12.1 Å². The van der Waals surface area contributed by atoms with Gasteiger partial charge in [0.25, 0.3) is 0 Å². The maximum absolute atomic E-state index is 11.9. The Labute approximate surface area is 102 Å². The fraction of sp³-hybridized carbons (Fsp3) is 0.462. The summed E-state index contributed by atoms with van der Waals surface area (Å²) in [7, 11) is 0. The first kappa shape index (κ1) is 11.8. The van der Waals surface area contributed by atoms with Crippen LogP contribution >= 0.6 is 0 Å². The lowest BCUT2D eigenvalue weighted by molar-refractivity contribution is 0.195. The molecule has 0 bridgehead atoms. The van der Waals surface area contributed by atoms with Crippen LogP contribution in [0, 0.1) is 0 Å². The predicted molar refractivity (Wildman–Crippen MR) is 66.1 cm³/mol. The summed E-state index contributed by atoms with van der Waals surface area (Å²) in [6.45, 7) is 5.91. The summed E-state index contributed by atoms with van der Waals surface area (Å²) in [5, 5.41) is 3.00. The van der Waals surface area contributed by atoms with Crippen LogP contribution in [0.15, 0.2) is 24.3 Å². The molecule has 1 aliphatic rings. The number of para-hydroxylation sites is 1. The number of nitrogens with zero attached hydrogens (tertiary/aromatic N) is 1. The molecule has 1 aliphatic heterocycles. The number of carbonyl (C=O) groups excluding carboxylic acids is 1. The molecule has 0 aromatic heterocycles. The number of carbonyl (C=O) groups is 1. The molecule has 1 heterocycles. The van der Waals surface area contributed by atoms with Crippen LogP contribution in [0.1, 0.15) is 25.5 Å². The highest BCUT2D eigenvalue weighted by Gasteiger charge is 2.26. The van der Waals surface area contributed by atoms with E-state index in [2.05, 4.69) is 5.32 Å². The summed E-state index contributed by atoms with van der Waals surface area (Å²) in [6.07, 6.45) is 0. The zero-order valence-electron chi connectivity index (χ0n) is 10.3. The number of fused-ring (bicyclic) bond motifs is 1. The monoisotopic (exact) mass is 234 g/mol. The first-order valence-electron chi connectivity index (χ1n) is 6.03. The van der Waals surface area contributed by atoms with Gasteiger partial charge in [-0.25, -0.2) is 4.79 Å². The third-order valence-electron chi connectivity index (χ3n) is 3.05. The fourth-order valence-electron chi connectivity index (χ4n) is 2.03. The van der Waals surface area contributed by atoms with Crippen molar-refractivity contribution in [3.05, 3.63) is 29.8 Å². The Hall–Kier alpha value is -1.71. The molecule has 17 heavy (non-hydrogen) atoms. The molecule has 0 radical (unpaired) electrons. The topological polar surface area (TPSA) is 41.6 Å². The minimum absolute atomic E-state index is 0.0275. The van der Waals surface area contributed by atoms with Gasteiger partial charge in [0, 0.05) is 18.7 Å². The molecule has 2 rings (SSSR count). The van der Waals surface area contributed by atoms with E-state index in [9.17, 15) is 4.79 Å². The van der Waals surface area contributed by atoms with Crippen molar-refractivity contribution in [3.8, 4) is 5.75 Å². The van der Waals surface area contributed by atoms with Crippen LogP contribution in [0.3, 0.4) is 0 Å². The van der Waals surface area contributed by atoms with Crippen molar-refractivity contribution < 1.29 is 9.53 Å². The van der Waals surface area contributed by atoms with Crippen molar-refractivity contribution in [3.63, 3.8) is 0 Å². The van der Waals surface area contributed by atoms with Gasteiger partial charge < -0.3 is 15.0 Å². The van der Waals surface area contributed by atoms with Crippen LogP contribution in [0.5, 0.6) is 5.75 Å². The number of rotatable bonds is 3. The molecule has 0 saturated carbocycles. The van der Waals surface area contributed by atoms with Crippen LogP contribution < -0.4 is 10.1 Å². The van der Waals surface area contributed by atoms with E-state index in [4.69, 9.17) is 4.74 Å². The van der Waals surface area contributed by atoms with Crippen molar-refractivity contribution in [1.29, 1.82) is 0 Å². The van der Waals surface area contributed by atoms with Gasteiger partial charge in [-0.1, -0.05) is 18.2 Å². The lowest BCUT2D eigenvalue weighted by Crippen LogP contribution is -2.41. The first-order valence-corrected chi connectivity index (χ1v) is 6.03. The molecule has 0 fully saturated rings. The van der Waals surface area contributed by atoms with Gasteiger partial charge in [0.1, 0.15) is 12.4 Å². The lowest BCUT2D eigenvalue weighted by Gasteiger charge is -2.21. The summed E-state index contributed by atoms with van der Waals surface area (Å²) in [5.74, 6) is 0.873. The summed E-state index contributed by atoms with van der Waals surface area (Å²) >= 11 is 0. The summed E-state index contributed by atoms with van der Waals surface area (Å²) in [4.78, 5) is 13.7. The zero-order chi connectivity index (χ0) is 12.3. The van der Waals surface area contributed by atoms with E-state index in [1.165, 1.54) is 0 Å². The molecular weight excluding hydrogens is 216 g/mol. The summed E-state index contributed by atoms with van der Waals surface area (Å²) in [5.41, 5.74) is 1.06. The lowest BCUT2D eigenvalue weighted by atomic mass is 10.1. The molecule has 1 aromatic rings. The van der Waals surface area contributed by atoms with Crippen LogP contribution in [-0.4, -0.2) is 30.6 Å². The second kappa shape index (κ2) is 5.08. The number of hydrogen-bond donors (Lipinski definition) is 1. The van der Waals surface area contributed by atoms with Gasteiger partial charge >= 0.3 is 6.03 Å². The van der Waals surface area contributed by atoms with E-state index in [0.29, 0.717) is 6.61 Å². The average Bonchev–Trinajstić information content (AvgIpc) is 2.74. The number of ether oxygens (including phenoxy) is 1. The molecule has 4 nitrogen and oxygen atoms in total.